The van der Waals surface area contributed by atoms with Gasteiger partial charge in [-0.1, -0.05) is 0 Å². The fourth-order valence-electron chi connectivity index (χ4n) is 0.658. The van der Waals surface area contributed by atoms with Crippen LogP contribution in [0.25, 0.3) is 0 Å². The van der Waals surface area contributed by atoms with Crippen LogP contribution in [0.15, 0.2) is 0 Å². The van der Waals surface area contributed by atoms with Gasteiger partial charge in [-0.3, -0.25) is 0 Å². The lowest BCUT2D eigenvalue weighted by Crippen LogP contribution is -2.05. The van der Waals surface area contributed by atoms with Crippen molar-refractivity contribution in [1.82, 2.24) is 15.0 Å². The summed E-state index contributed by atoms with van der Waals surface area (Å²) < 4.78 is 0. The number of anilines is 2. The van der Waals surface area contributed by atoms with Crippen LogP contribution in [0, 0.1) is 6.92 Å². The number of aryl methyl sites for hydroxylation is 1. The smallest absolute Gasteiger partial charge is 0.227 e. The number of aromatic nitrogens is 3. The van der Waals surface area contributed by atoms with Crippen LogP contribution < -0.4 is 10.5 Å². The van der Waals surface area contributed by atoms with Gasteiger partial charge in [-0.2, -0.15) is 15.0 Å². The van der Waals surface area contributed by atoms with Crippen molar-refractivity contribution >= 4 is 19.9 Å². The highest BCUT2D eigenvalue weighted by atomic mass is 15.2. The Kier molecular flexibility index (Phi) is 2.25. The summed E-state index contributed by atoms with van der Waals surface area (Å²) in [6.07, 6.45) is 0. The monoisotopic (exact) mass is 149 g/mol. The van der Waals surface area contributed by atoms with Crippen molar-refractivity contribution in [1.29, 1.82) is 0 Å². The van der Waals surface area contributed by atoms with Gasteiger partial charge in [0.05, 0.1) is 0 Å². The number of hydrogen-bond donors (Lipinski definition) is 2. The summed E-state index contributed by atoms with van der Waals surface area (Å²) in [4.78, 5) is 11.8. The Morgan fingerprint density at radius 2 is 1.82 bits per heavy atom. The first-order valence-electron chi connectivity index (χ1n) is 3.13. The summed E-state index contributed by atoms with van der Waals surface area (Å²) in [5.74, 6) is 1.49. The highest BCUT2D eigenvalue weighted by Crippen LogP contribution is 2.01. The van der Waals surface area contributed by atoms with Gasteiger partial charge < -0.3 is 10.5 Å². The molecule has 0 spiro atoms. The fourth-order valence-corrected chi connectivity index (χ4v) is 0.658. The van der Waals surface area contributed by atoms with E-state index in [1.165, 1.54) is 0 Å². The van der Waals surface area contributed by atoms with Crippen molar-refractivity contribution in [2.45, 2.75) is 6.92 Å². The van der Waals surface area contributed by atoms with E-state index in [9.17, 15) is 0 Å². The summed E-state index contributed by atoms with van der Waals surface area (Å²) in [5, 5.41) is 5.12. The second-order valence-corrected chi connectivity index (χ2v) is 1.92. The molecule has 0 atom stereocenters. The van der Waals surface area contributed by atoms with Crippen LogP contribution in [0.5, 0.6) is 0 Å². The molecule has 56 valence electrons. The lowest BCUT2D eigenvalue weighted by atomic mass is 10.4. The van der Waals surface area contributed by atoms with Gasteiger partial charge in [-0.15, -0.1) is 0 Å². The molecule has 5 nitrogen and oxygen atoms in total. The molecule has 1 rings (SSSR count). The normalized spacial score (nSPS) is 9.27. The maximum atomic E-state index is 5.11. The quantitative estimate of drug-likeness (QED) is 0.566. The summed E-state index contributed by atoms with van der Waals surface area (Å²) in [7, 11) is 6.84. The lowest BCUT2D eigenvalue weighted by molar-refractivity contribution is 0.989. The van der Waals surface area contributed by atoms with Crippen molar-refractivity contribution in [3.8, 4) is 0 Å². The van der Waals surface area contributed by atoms with Crippen LogP contribution in [-0.2, 0) is 0 Å². The van der Waals surface area contributed by atoms with E-state index in [4.69, 9.17) is 7.98 Å². The molecule has 0 aliphatic rings. The topological polar surface area (TPSA) is 62.7 Å². The minimum atomic E-state index is 0.363. The van der Waals surface area contributed by atoms with E-state index < -0.39 is 0 Å². The van der Waals surface area contributed by atoms with E-state index >= 15 is 0 Å². The van der Waals surface area contributed by atoms with Gasteiger partial charge in [0.2, 0.25) is 19.9 Å². The molecule has 0 saturated carbocycles. The molecule has 1 aromatic heterocycles. The molecule has 0 fully saturated rings. The molecule has 0 aromatic carbocycles. The van der Waals surface area contributed by atoms with Crippen molar-refractivity contribution in [2.75, 3.05) is 17.6 Å². The molecule has 1 heterocycles. The third-order valence-electron chi connectivity index (χ3n) is 1.10. The third kappa shape index (κ3) is 1.79. The Labute approximate surface area is 66.1 Å². The van der Waals surface area contributed by atoms with Crippen molar-refractivity contribution in [3.63, 3.8) is 0 Å². The van der Waals surface area contributed by atoms with E-state index in [2.05, 4.69) is 25.5 Å². The van der Waals surface area contributed by atoms with Crippen LogP contribution in [-0.4, -0.2) is 30.0 Å². The first-order valence-corrected chi connectivity index (χ1v) is 3.13. The van der Waals surface area contributed by atoms with Crippen molar-refractivity contribution in [2.24, 2.45) is 0 Å². The van der Waals surface area contributed by atoms with Crippen LogP contribution in [0.3, 0.4) is 0 Å². The number of nitrogens with zero attached hydrogens (tertiary/aromatic N) is 3. The van der Waals surface area contributed by atoms with Gasteiger partial charge in [0.25, 0.3) is 0 Å². The minimum absolute atomic E-state index is 0.363. The molecule has 1 aromatic rings. The second kappa shape index (κ2) is 3.18. The number of rotatable bonds is 2. The second-order valence-electron chi connectivity index (χ2n) is 1.92. The molecule has 6 heteroatoms. The van der Waals surface area contributed by atoms with Crippen LogP contribution in [0.2, 0.25) is 0 Å². The molecule has 0 aliphatic carbocycles. The summed E-state index contributed by atoms with van der Waals surface area (Å²) in [6, 6.07) is 0. The van der Waals surface area contributed by atoms with Gasteiger partial charge >= 0.3 is 0 Å². The molecular weight excluding hydrogens is 141 g/mol. The van der Waals surface area contributed by atoms with Gasteiger partial charge in [0.15, 0.2) is 0 Å². The third-order valence-corrected chi connectivity index (χ3v) is 1.10. The van der Waals surface area contributed by atoms with Crippen LogP contribution in [0.1, 0.15) is 5.82 Å². The minimum Gasteiger partial charge on any atom is -0.407 e. The first-order chi connectivity index (χ1) is 5.26. The molecule has 0 aliphatic heterocycles. The Hall–Kier alpha value is -1.33. The Morgan fingerprint density at radius 3 is 2.36 bits per heavy atom. The van der Waals surface area contributed by atoms with Crippen molar-refractivity contribution in [3.05, 3.63) is 5.82 Å². The average molecular weight is 149 g/mol. The van der Waals surface area contributed by atoms with E-state index in [-0.39, 0.29) is 0 Å². The maximum absolute atomic E-state index is 5.11. The van der Waals surface area contributed by atoms with Gasteiger partial charge in [0.1, 0.15) is 5.82 Å². The number of nitrogens with one attached hydrogen (secondary N) is 2. The van der Waals surface area contributed by atoms with Crippen LogP contribution in [0.4, 0.5) is 11.9 Å². The lowest BCUT2D eigenvalue weighted by Gasteiger charge is -2.02. The van der Waals surface area contributed by atoms with E-state index in [0.717, 1.165) is 0 Å². The zero-order valence-corrected chi connectivity index (χ0v) is 6.42. The highest BCUT2D eigenvalue weighted by Gasteiger charge is 1.97. The van der Waals surface area contributed by atoms with E-state index in [0.29, 0.717) is 17.7 Å². The summed E-state index contributed by atoms with van der Waals surface area (Å²) >= 11 is 0. The van der Waals surface area contributed by atoms with E-state index in [1.807, 2.05) is 0 Å². The zero-order chi connectivity index (χ0) is 8.27. The molecule has 2 radical (unpaired) electrons. The molecule has 11 heavy (non-hydrogen) atoms. The zero-order valence-electron chi connectivity index (χ0n) is 6.42. The molecule has 0 bridgehead atoms. The standard InChI is InChI=1S/C5H8BN5/c1-3-8-4(7-2)10-5(9-3)11-6/h1-2H3,(H2,7,8,9,10,11). The molecule has 0 unspecified atom stereocenters. The Morgan fingerprint density at radius 1 is 1.18 bits per heavy atom. The van der Waals surface area contributed by atoms with Crippen molar-refractivity contribution < 1.29 is 0 Å². The molecule has 2 N–H and O–H groups in total. The molecular formula is C5H8BN5. The van der Waals surface area contributed by atoms with E-state index in [1.54, 1.807) is 14.0 Å². The predicted octanol–water partition coefficient (Wildman–Crippen LogP) is -0.283. The molecule has 0 saturated heterocycles. The van der Waals surface area contributed by atoms with Gasteiger partial charge in [0, 0.05) is 7.05 Å². The summed E-state index contributed by atoms with van der Waals surface area (Å²) in [6.45, 7) is 1.77. The van der Waals surface area contributed by atoms with Gasteiger partial charge in [-0.05, 0) is 6.92 Å². The fraction of sp³-hybridized carbons (Fsp3) is 0.400. The predicted molar refractivity (Wildman–Crippen MR) is 43.5 cm³/mol. The largest absolute Gasteiger partial charge is 0.407 e. The SMILES string of the molecule is [B]Nc1nc(C)nc(NC)n1. The molecule has 0 amide bonds. The Bertz CT molecular complexity index is 228. The summed E-state index contributed by atoms with van der Waals surface area (Å²) in [5.41, 5.74) is 0. The number of hydrogen-bond acceptors (Lipinski definition) is 5. The average Bonchev–Trinajstić information content (AvgIpc) is 2.03. The first kappa shape index (κ1) is 7.78. The maximum Gasteiger partial charge on any atom is 0.227 e. The highest BCUT2D eigenvalue weighted by molar-refractivity contribution is 6.15. The van der Waals surface area contributed by atoms with Crippen LogP contribution >= 0.6 is 0 Å². The Balaban J connectivity index is 3.02. The van der Waals surface area contributed by atoms with Gasteiger partial charge in [-0.25, -0.2) is 0 Å².